The summed E-state index contributed by atoms with van der Waals surface area (Å²) in [6, 6.07) is 2.62. The minimum absolute atomic E-state index is 0.0106. The minimum atomic E-state index is -2.78. The lowest BCUT2D eigenvalue weighted by Crippen LogP contribution is -2.37. The molecular weight excluding hydrogens is 370 g/mol. The third kappa shape index (κ3) is 4.07. The highest BCUT2D eigenvalue weighted by molar-refractivity contribution is 5.93. The van der Waals surface area contributed by atoms with Crippen molar-refractivity contribution in [2.45, 2.75) is 59.2 Å². The fourth-order valence-electron chi connectivity index (χ4n) is 3.52. The van der Waals surface area contributed by atoms with E-state index in [1.165, 1.54) is 19.1 Å². The van der Waals surface area contributed by atoms with E-state index in [9.17, 15) is 18.4 Å². The van der Waals surface area contributed by atoms with Crippen molar-refractivity contribution in [3.63, 3.8) is 0 Å². The molecule has 2 aromatic rings. The van der Waals surface area contributed by atoms with Crippen molar-refractivity contribution in [3.05, 3.63) is 40.5 Å². The summed E-state index contributed by atoms with van der Waals surface area (Å²) < 4.78 is 32.2. The van der Waals surface area contributed by atoms with Gasteiger partial charge >= 0.3 is 6.55 Å². The first kappa shape index (κ1) is 20.0. The van der Waals surface area contributed by atoms with Crippen LogP contribution in [0.1, 0.15) is 59.0 Å². The van der Waals surface area contributed by atoms with Crippen molar-refractivity contribution in [2.75, 3.05) is 6.54 Å². The maximum atomic E-state index is 13.2. The lowest BCUT2D eigenvalue weighted by Gasteiger charge is -2.21. The Morgan fingerprint density at radius 3 is 2.71 bits per heavy atom. The predicted molar refractivity (Wildman–Crippen MR) is 96.9 cm³/mol. The highest BCUT2D eigenvalue weighted by Gasteiger charge is 2.27. The first-order valence-electron chi connectivity index (χ1n) is 9.24. The van der Waals surface area contributed by atoms with Crippen LogP contribution >= 0.6 is 0 Å². The molecule has 0 saturated carbocycles. The van der Waals surface area contributed by atoms with Crippen LogP contribution in [-0.2, 0) is 11.3 Å². The number of aromatic nitrogens is 2. The van der Waals surface area contributed by atoms with Crippen LogP contribution in [0.25, 0.3) is 0 Å². The predicted octanol–water partition coefficient (Wildman–Crippen LogP) is 3.11. The van der Waals surface area contributed by atoms with Crippen molar-refractivity contribution in [1.29, 1.82) is 0 Å². The molecule has 1 atom stereocenters. The number of hydrogen-bond acceptors (Lipinski definition) is 4. The zero-order valence-electron chi connectivity index (χ0n) is 16.2. The first-order chi connectivity index (χ1) is 13.3. The van der Waals surface area contributed by atoms with Gasteiger partial charge in [-0.1, -0.05) is 5.16 Å². The van der Waals surface area contributed by atoms with Gasteiger partial charge < -0.3 is 14.7 Å². The summed E-state index contributed by atoms with van der Waals surface area (Å²) in [5.41, 5.74) is 1.89. The summed E-state index contributed by atoms with van der Waals surface area (Å²) in [4.78, 5) is 26.7. The molecule has 1 fully saturated rings. The van der Waals surface area contributed by atoms with Crippen molar-refractivity contribution in [2.24, 2.45) is 0 Å². The normalized spacial score (nSPS) is 17.9. The third-order valence-corrected chi connectivity index (χ3v) is 5.22. The maximum Gasteiger partial charge on any atom is 0.319 e. The molecule has 1 aliphatic rings. The Kier molecular flexibility index (Phi) is 5.81. The Hall–Kier alpha value is -2.71. The molecule has 1 saturated heterocycles. The van der Waals surface area contributed by atoms with E-state index in [1.54, 1.807) is 11.8 Å². The van der Waals surface area contributed by atoms with Crippen molar-refractivity contribution in [3.8, 4) is 0 Å². The molecule has 9 heteroatoms. The Bertz CT molecular complexity index is 855. The number of hydrogen-bond donors (Lipinski definition) is 1. The second-order valence-electron chi connectivity index (χ2n) is 7.12. The third-order valence-electron chi connectivity index (χ3n) is 5.22. The number of amides is 2. The number of nitrogens with one attached hydrogen (secondary N) is 1. The topological polar surface area (TPSA) is 80.4 Å². The van der Waals surface area contributed by atoms with E-state index in [0.717, 1.165) is 11.3 Å². The van der Waals surface area contributed by atoms with Crippen LogP contribution in [0.3, 0.4) is 0 Å². The Morgan fingerprint density at radius 1 is 1.32 bits per heavy atom. The van der Waals surface area contributed by atoms with Gasteiger partial charge in [0.1, 0.15) is 11.5 Å². The van der Waals surface area contributed by atoms with Crippen LogP contribution in [-0.4, -0.2) is 39.0 Å². The second-order valence-corrected chi connectivity index (χ2v) is 7.12. The van der Waals surface area contributed by atoms with Crippen LogP contribution < -0.4 is 5.32 Å². The van der Waals surface area contributed by atoms with E-state index in [4.69, 9.17) is 4.52 Å². The molecule has 3 heterocycles. The highest BCUT2D eigenvalue weighted by Crippen LogP contribution is 2.21. The number of aryl methyl sites for hydroxylation is 3. The lowest BCUT2D eigenvalue weighted by atomic mass is 10.1. The van der Waals surface area contributed by atoms with Crippen LogP contribution in [0, 0.1) is 20.8 Å². The van der Waals surface area contributed by atoms with E-state index in [1.807, 2.05) is 6.92 Å². The molecule has 0 bridgehead atoms. The van der Waals surface area contributed by atoms with Gasteiger partial charge in [-0.3, -0.25) is 14.2 Å². The average Bonchev–Trinajstić information content (AvgIpc) is 3.12. The van der Waals surface area contributed by atoms with Gasteiger partial charge in [0.15, 0.2) is 0 Å². The standard InChI is InChI=1S/C19H24F2N4O3/c1-11-4-6-16(25(11)19(20)21)18(27)22-14-5-7-17(26)24(9-8-14)10-15-12(2)23-28-13(15)3/h4,6,14,19H,5,7-10H2,1-3H3,(H,22,27). The molecule has 2 aromatic heterocycles. The maximum absolute atomic E-state index is 13.2. The Morgan fingerprint density at radius 2 is 2.07 bits per heavy atom. The molecule has 0 aliphatic carbocycles. The zero-order valence-corrected chi connectivity index (χ0v) is 16.2. The van der Waals surface area contributed by atoms with Gasteiger partial charge in [-0.05, 0) is 45.7 Å². The molecular formula is C19H24F2N4O3. The Labute approximate surface area is 161 Å². The molecule has 1 aliphatic heterocycles. The molecule has 0 radical (unpaired) electrons. The second kappa shape index (κ2) is 8.12. The smallest absolute Gasteiger partial charge is 0.319 e. The summed E-state index contributed by atoms with van der Waals surface area (Å²) in [6.07, 6.45) is 1.30. The monoisotopic (exact) mass is 394 g/mol. The SMILES string of the molecule is Cc1noc(C)c1CN1CCC(NC(=O)c2ccc(C)n2C(F)F)CCC1=O. The first-order valence-corrected chi connectivity index (χ1v) is 9.24. The molecule has 152 valence electrons. The fraction of sp³-hybridized carbons (Fsp3) is 0.526. The lowest BCUT2D eigenvalue weighted by molar-refractivity contribution is -0.131. The Balaban J connectivity index is 1.65. The molecule has 1 N–H and O–H groups in total. The quantitative estimate of drug-likeness (QED) is 0.845. The molecule has 1 unspecified atom stereocenters. The summed E-state index contributed by atoms with van der Waals surface area (Å²) in [7, 11) is 0. The number of carbonyl (C=O) groups is 2. The molecule has 0 spiro atoms. The van der Waals surface area contributed by atoms with Crippen LogP contribution in [0.2, 0.25) is 0 Å². The van der Waals surface area contributed by atoms with E-state index >= 15 is 0 Å². The largest absolute Gasteiger partial charge is 0.361 e. The summed E-state index contributed by atoms with van der Waals surface area (Å²) in [6.45, 7) is 3.26. The van der Waals surface area contributed by atoms with E-state index in [2.05, 4.69) is 10.5 Å². The van der Waals surface area contributed by atoms with Gasteiger partial charge in [-0.15, -0.1) is 0 Å². The van der Waals surface area contributed by atoms with E-state index in [0.29, 0.717) is 42.0 Å². The van der Waals surface area contributed by atoms with E-state index in [-0.39, 0.29) is 24.1 Å². The van der Waals surface area contributed by atoms with Gasteiger partial charge in [0.2, 0.25) is 5.91 Å². The number of carbonyl (C=O) groups excluding carboxylic acids is 2. The van der Waals surface area contributed by atoms with Crippen LogP contribution in [0.15, 0.2) is 16.7 Å². The number of alkyl halides is 2. The summed E-state index contributed by atoms with van der Waals surface area (Å²) >= 11 is 0. The van der Waals surface area contributed by atoms with Gasteiger partial charge in [-0.25, -0.2) is 0 Å². The van der Waals surface area contributed by atoms with Gasteiger partial charge in [0.25, 0.3) is 5.91 Å². The number of nitrogens with zero attached hydrogens (tertiary/aromatic N) is 3. The number of rotatable bonds is 5. The summed E-state index contributed by atoms with van der Waals surface area (Å²) in [5, 5.41) is 6.71. The van der Waals surface area contributed by atoms with Crippen molar-refractivity contribution >= 4 is 11.8 Å². The fourth-order valence-corrected chi connectivity index (χ4v) is 3.52. The highest BCUT2D eigenvalue weighted by atomic mass is 19.3. The van der Waals surface area contributed by atoms with Crippen molar-refractivity contribution < 1.29 is 22.9 Å². The van der Waals surface area contributed by atoms with Gasteiger partial charge in [0.05, 0.1) is 12.2 Å². The molecule has 2 amide bonds. The molecule has 7 nitrogen and oxygen atoms in total. The molecule has 28 heavy (non-hydrogen) atoms. The van der Waals surface area contributed by atoms with Gasteiger partial charge in [0, 0.05) is 30.3 Å². The molecule has 0 aromatic carbocycles. The number of halogens is 2. The van der Waals surface area contributed by atoms with Crippen LogP contribution in [0.5, 0.6) is 0 Å². The summed E-state index contributed by atoms with van der Waals surface area (Å²) in [5.74, 6) is 0.121. The van der Waals surface area contributed by atoms with Gasteiger partial charge in [-0.2, -0.15) is 8.78 Å². The van der Waals surface area contributed by atoms with Crippen LogP contribution in [0.4, 0.5) is 8.78 Å². The minimum Gasteiger partial charge on any atom is -0.361 e. The van der Waals surface area contributed by atoms with Crippen molar-refractivity contribution in [1.82, 2.24) is 19.9 Å². The molecule has 3 rings (SSSR count). The average molecular weight is 394 g/mol. The zero-order chi connectivity index (χ0) is 20.4. The van der Waals surface area contributed by atoms with E-state index < -0.39 is 12.5 Å². The number of likely N-dealkylation sites (tertiary alicyclic amines) is 1.